The summed E-state index contributed by atoms with van der Waals surface area (Å²) in [5, 5.41) is 9.90. The van der Waals surface area contributed by atoms with Gasteiger partial charge in [0.25, 0.3) is 0 Å². The van der Waals surface area contributed by atoms with E-state index in [1.807, 2.05) is 20.8 Å². The topological polar surface area (TPSA) is 59.0 Å². The van der Waals surface area contributed by atoms with Crippen LogP contribution in [0.4, 0.5) is 4.79 Å². The number of carbonyl (C=O) groups is 1. The molecule has 1 aromatic carbocycles. The van der Waals surface area contributed by atoms with E-state index in [0.717, 1.165) is 12.0 Å². The van der Waals surface area contributed by atoms with Gasteiger partial charge in [-0.2, -0.15) is 0 Å². The first-order valence-corrected chi connectivity index (χ1v) is 7.71. The van der Waals surface area contributed by atoms with Crippen LogP contribution in [0.25, 0.3) is 0 Å². The highest BCUT2D eigenvalue weighted by molar-refractivity contribution is 6.31. The van der Waals surface area contributed by atoms with Gasteiger partial charge in [-0.05, 0) is 44.9 Å². The van der Waals surface area contributed by atoms with Gasteiger partial charge >= 0.3 is 6.09 Å². The number of halogens is 1. The summed E-state index contributed by atoms with van der Waals surface area (Å²) in [6.07, 6.45) is 0.359. The standard InChI is InChI=1S/C16H22ClNO4/c1-16(2,3)22-15(20)18-7-4-8-21-10-14(18)12-6-5-11(19)9-13(12)17/h5-6,9,14,19H,4,7-8,10H2,1-3H3. The van der Waals surface area contributed by atoms with E-state index >= 15 is 0 Å². The minimum Gasteiger partial charge on any atom is -0.508 e. The molecule has 0 bridgehead atoms. The maximum absolute atomic E-state index is 12.5. The van der Waals surface area contributed by atoms with Crippen LogP contribution >= 0.6 is 11.6 Å². The van der Waals surface area contributed by atoms with Crippen LogP contribution in [-0.4, -0.2) is 41.5 Å². The zero-order valence-electron chi connectivity index (χ0n) is 13.1. The molecular formula is C16H22ClNO4. The maximum Gasteiger partial charge on any atom is 0.410 e. The average molecular weight is 328 g/mol. The molecule has 6 heteroatoms. The summed E-state index contributed by atoms with van der Waals surface area (Å²) in [6.45, 7) is 6.98. The Kier molecular flexibility index (Phi) is 5.19. The van der Waals surface area contributed by atoms with Gasteiger partial charge in [0.1, 0.15) is 11.4 Å². The Hall–Kier alpha value is -1.46. The molecular weight excluding hydrogens is 306 g/mol. The number of carbonyl (C=O) groups excluding carboxylic acids is 1. The van der Waals surface area contributed by atoms with Gasteiger partial charge in [0.2, 0.25) is 0 Å². The van der Waals surface area contributed by atoms with E-state index in [0.29, 0.717) is 24.8 Å². The molecule has 1 N–H and O–H groups in total. The molecule has 1 heterocycles. The molecule has 0 aliphatic carbocycles. The predicted molar refractivity (Wildman–Crippen MR) is 84.2 cm³/mol. The average Bonchev–Trinajstić information content (AvgIpc) is 2.62. The number of hydrogen-bond donors (Lipinski definition) is 1. The highest BCUT2D eigenvalue weighted by Gasteiger charge is 2.32. The minimum atomic E-state index is -0.562. The lowest BCUT2D eigenvalue weighted by molar-refractivity contribution is 0.0119. The molecule has 1 aliphatic rings. The smallest absolute Gasteiger partial charge is 0.410 e. The fourth-order valence-electron chi connectivity index (χ4n) is 2.36. The number of phenols is 1. The van der Waals surface area contributed by atoms with Crippen molar-refractivity contribution in [2.75, 3.05) is 19.8 Å². The molecule has 0 radical (unpaired) electrons. The van der Waals surface area contributed by atoms with Crippen LogP contribution in [0.3, 0.4) is 0 Å². The van der Waals surface area contributed by atoms with Crippen molar-refractivity contribution in [3.8, 4) is 5.75 Å². The first kappa shape index (κ1) is 16.9. The summed E-state index contributed by atoms with van der Waals surface area (Å²) < 4.78 is 11.1. The molecule has 1 fully saturated rings. The van der Waals surface area contributed by atoms with Gasteiger partial charge in [-0.25, -0.2) is 4.79 Å². The molecule has 0 aromatic heterocycles. The van der Waals surface area contributed by atoms with E-state index in [1.165, 1.54) is 6.07 Å². The van der Waals surface area contributed by atoms with E-state index in [2.05, 4.69) is 0 Å². The minimum absolute atomic E-state index is 0.0899. The SMILES string of the molecule is CC(C)(C)OC(=O)N1CCCOCC1c1ccc(O)cc1Cl. The van der Waals surface area contributed by atoms with Crippen molar-refractivity contribution in [1.29, 1.82) is 0 Å². The van der Waals surface area contributed by atoms with Crippen LogP contribution in [0.1, 0.15) is 38.8 Å². The summed E-state index contributed by atoms with van der Waals surface area (Å²) >= 11 is 6.22. The van der Waals surface area contributed by atoms with Gasteiger partial charge in [-0.15, -0.1) is 0 Å². The van der Waals surface area contributed by atoms with E-state index in [1.54, 1.807) is 17.0 Å². The zero-order chi connectivity index (χ0) is 16.3. The molecule has 22 heavy (non-hydrogen) atoms. The number of aromatic hydroxyl groups is 1. The first-order valence-electron chi connectivity index (χ1n) is 7.34. The Labute approximate surface area is 135 Å². The van der Waals surface area contributed by atoms with Crippen molar-refractivity contribution in [1.82, 2.24) is 4.90 Å². The van der Waals surface area contributed by atoms with Crippen LogP contribution in [0.2, 0.25) is 5.02 Å². The molecule has 0 saturated carbocycles. The molecule has 1 amide bonds. The summed E-state index contributed by atoms with van der Waals surface area (Å²) in [6, 6.07) is 4.41. The quantitative estimate of drug-likeness (QED) is 0.853. The third kappa shape index (κ3) is 4.27. The summed E-state index contributed by atoms with van der Waals surface area (Å²) in [7, 11) is 0. The van der Waals surface area contributed by atoms with E-state index in [9.17, 15) is 9.90 Å². The molecule has 1 aliphatic heterocycles. The Morgan fingerprint density at radius 1 is 1.45 bits per heavy atom. The van der Waals surface area contributed by atoms with Crippen molar-refractivity contribution in [3.63, 3.8) is 0 Å². The molecule has 1 aromatic rings. The van der Waals surface area contributed by atoms with Crippen LogP contribution < -0.4 is 0 Å². The second-order valence-electron chi connectivity index (χ2n) is 6.32. The summed E-state index contributed by atoms with van der Waals surface area (Å²) in [5.41, 5.74) is 0.181. The monoisotopic (exact) mass is 327 g/mol. The highest BCUT2D eigenvalue weighted by atomic mass is 35.5. The fourth-order valence-corrected chi connectivity index (χ4v) is 2.66. The Balaban J connectivity index is 2.29. The highest BCUT2D eigenvalue weighted by Crippen LogP contribution is 2.32. The lowest BCUT2D eigenvalue weighted by atomic mass is 10.1. The summed E-state index contributed by atoms with van der Waals surface area (Å²) in [4.78, 5) is 14.1. The van der Waals surface area contributed by atoms with Gasteiger partial charge in [0.05, 0.1) is 12.6 Å². The molecule has 0 spiro atoms. The Bertz CT molecular complexity index is 541. The molecule has 2 rings (SSSR count). The number of amides is 1. The van der Waals surface area contributed by atoms with Crippen molar-refractivity contribution < 1.29 is 19.4 Å². The van der Waals surface area contributed by atoms with Crippen molar-refractivity contribution in [2.45, 2.75) is 38.8 Å². The molecule has 1 atom stereocenters. The van der Waals surface area contributed by atoms with Crippen LogP contribution in [-0.2, 0) is 9.47 Å². The number of nitrogens with zero attached hydrogens (tertiary/aromatic N) is 1. The van der Waals surface area contributed by atoms with E-state index in [4.69, 9.17) is 21.1 Å². The second-order valence-corrected chi connectivity index (χ2v) is 6.73. The maximum atomic E-state index is 12.5. The number of benzene rings is 1. The Morgan fingerprint density at radius 3 is 2.82 bits per heavy atom. The molecule has 1 saturated heterocycles. The number of phenolic OH excluding ortho intramolecular Hbond substituents is 1. The van der Waals surface area contributed by atoms with Crippen molar-refractivity contribution >= 4 is 17.7 Å². The number of hydrogen-bond acceptors (Lipinski definition) is 4. The number of ether oxygens (including phenoxy) is 2. The predicted octanol–water partition coefficient (Wildman–Crippen LogP) is 3.74. The third-order valence-electron chi connectivity index (χ3n) is 3.31. The summed E-state index contributed by atoms with van der Waals surface area (Å²) in [5.74, 6) is 0.0899. The van der Waals surface area contributed by atoms with E-state index in [-0.39, 0.29) is 17.9 Å². The first-order chi connectivity index (χ1) is 10.3. The van der Waals surface area contributed by atoms with Crippen molar-refractivity contribution in [3.05, 3.63) is 28.8 Å². The lowest BCUT2D eigenvalue weighted by Crippen LogP contribution is -2.40. The third-order valence-corrected chi connectivity index (χ3v) is 3.64. The van der Waals surface area contributed by atoms with Gasteiger partial charge in [0, 0.05) is 18.2 Å². The molecule has 122 valence electrons. The lowest BCUT2D eigenvalue weighted by Gasteiger charge is -2.32. The zero-order valence-corrected chi connectivity index (χ0v) is 13.9. The second kappa shape index (κ2) is 6.75. The van der Waals surface area contributed by atoms with Crippen LogP contribution in [0.15, 0.2) is 18.2 Å². The van der Waals surface area contributed by atoms with Crippen molar-refractivity contribution in [2.24, 2.45) is 0 Å². The Morgan fingerprint density at radius 2 is 2.18 bits per heavy atom. The molecule has 1 unspecified atom stereocenters. The van der Waals surface area contributed by atoms with Gasteiger partial charge in [0.15, 0.2) is 0 Å². The fraction of sp³-hybridized carbons (Fsp3) is 0.562. The normalized spacial score (nSPS) is 19.6. The molecule has 5 nitrogen and oxygen atoms in total. The number of rotatable bonds is 1. The van der Waals surface area contributed by atoms with E-state index < -0.39 is 5.60 Å². The van der Waals surface area contributed by atoms with Crippen LogP contribution in [0, 0.1) is 0 Å². The largest absolute Gasteiger partial charge is 0.508 e. The van der Waals surface area contributed by atoms with Gasteiger partial charge < -0.3 is 14.6 Å². The van der Waals surface area contributed by atoms with Gasteiger partial charge in [-0.3, -0.25) is 4.90 Å². The van der Waals surface area contributed by atoms with Gasteiger partial charge in [-0.1, -0.05) is 17.7 Å². The van der Waals surface area contributed by atoms with Crippen LogP contribution in [0.5, 0.6) is 5.75 Å².